The molecule has 0 bridgehead atoms. The molecule has 0 aromatic heterocycles. The molecule has 0 aliphatic carbocycles. The van der Waals surface area contributed by atoms with Crippen LogP contribution in [-0.2, 0) is 22.7 Å². The lowest BCUT2D eigenvalue weighted by Gasteiger charge is -2.36. The summed E-state index contributed by atoms with van der Waals surface area (Å²) in [7, 11) is -4.67. The first-order chi connectivity index (χ1) is 29.2. The summed E-state index contributed by atoms with van der Waals surface area (Å²) >= 11 is 7.64. The Kier molecular flexibility index (Phi) is 14.0. The molecule has 0 radical (unpaired) electrons. The highest BCUT2D eigenvalue weighted by Crippen LogP contribution is 2.37. The lowest BCUT2D eigenvalue weighted by molar-refractivity contribution is -0.137. The van der Waals surface area contributed by atoms with Gasteiger partial charge in [-0.15, -0.1) is 11.8 Å². The summed E-state index contributed by atoms with van der Waals surface area (Å²) in [4.78, 5) is 24.8. The van der Waals surface area contributed by atoms with E-state index in [4.69, 9.17) is 11.6 Å². The Hall–Kier alpha value is -5.02. The normalized spacial score (nSPS) is 16.6. The van der Waals surface area contributed by atoms with E-state index in [0.717, 1.165) is 78.9 Å². The molecule has 1 saturated heterocycles. The Balaban J connectivity index is 0.979. The van der Waals surface area contributed by atoms with Crippen molar-refractivity contribution >= 4 is 56.5 Å². The molecule has 15 heteroatoms. The predicted molar refractivity (Wildman–Crippen MR) is 240 cm³/mol. The molecule has 5 aromatic carbocycles. The van der Waals surface area contributed by atoms with Gasteiger partial charge in [0.2, 0.25) is 0 Å². The van der Waals surface area contributed by atoms with Crippen LogP contribution in [0.25, 0.3) is 11.1 Å². The highest BCUT2D eigenvalue weighted by atomic mass is 35.5. The van der Waals surface area contributed by atoms with Crippen LogP contribution >= 0.6 is 23.4 Å². The number of aliphatic imine (C=N–C) groups is 1. The average Bonchev–Trinajstić information content (AvgIpc) is 3.58. The van der Waals surface area contributed by atoms with Gasteiger partial charge in [0.25, 0.3) is 15.9 Å². The maximum atomic E-state index is 14.6. The molecule has 9 nitrogen and oxygen atoms in total. The number of sulfonamides is 1. The number of amidine groups is 1. The van der Waals surface area contributed by atoms with Crippen molar-refractivity contribution in [2.75, 3.05) is 55.2 Å². The van der Waals surface area contributed by atoms with Gasteiger partial charge in [0.1, 0.15) is 0 Å². The van der Waals surface area contributed by atoms with Crippen LogP contribution in [0.4, 0.5) is 24.5 Å². The number of rotatable bonds is 15. The third-order valence-corrected chi connectivity index (χ3v) is 13.7. The van der Waals surface area contributed by atoms with Crippen LogP contribution in [0.1, 0.15) is 41.8 Å². The van der Waals surface area contributed by atoms with Crippen LogP contribution in [0.3, 0.4) is 0 Å². The monoisotopic (exact) mass is 888 g/mol. The molecule has 2 aliphatic heterocycles. The molecule has 2 atom stereocenters. The van der Waals surface area contributed by atoms with Gasteiger partial charge in [-0.2, -0.15) is 13.2 Å². The maximum absolute atomic E-state index is 14.6. The number of alkyl halides is 3. The van der Waals surface area contributed by atoms with Gasteiger partial charge >= 0.3 is 6.18 Å². The molecule has 0 spiro atoms. The summed E-state index contributed by atoms with van der Waals surface area (Å²) in [5, 5.41) is 3.77. The summed E-state index contributed by atoms with van der Waals surface area (Å²) in [6.45, 7) is 9.16. The lowest BCUT2D eigenvalue weighted by Crippen LogP contribution is -2.46. The van der Waals surface area contributed by atoms with E-state index in [1.54, 1.807) is 12.1 Å². The molecule has 2 heterocycles. The quantitative estimate of drug-likeness (QED) is 0.100. The summed E-state index contributed by atoms with van der Waals surface area (Å²) in [5.74, 6) is 0.413. The minimum Gasteiger partial charge on any atom is -0.381 e. The van der Waals surface area contributed by atoms with E-state index in [9.17, 15) is 26.4 Å². The van der Waals surface area contributed by atoms with E-state index >= 15 is 0 Å². The number of piperazine rings is 1. The van der Waals surface area contributed by atoms with Crippen LogP contribution in [0, 0.1) is 0 Å². The van der Waals surface area contributed by atoms with Crippen molar-refractivity contribution in [3.8, 4) is 11.1 Å². The average molecular weight is 890 g/mol. The molecule has 1 unspecified atom stereocenters. The number of hydrogen-bond acceptors (Lipinski definition) is 9. The summed E-state index contributed by atoms with van der Waals surface area (Å²) in [5.41, 5.74) is 3.04. The van der Waals surface area contributed by atoms with E-state index < -0.39 is 38.6 Å². The third kappa shape index (κ3) is 11.5. The molecule has 1 amide bonds. The van der Waals surface area contributed by atoms with Gasteiger partial charge in [-0.3, -0.25) is 14.7 Å². The molecular formula is C46H48ClF3N6O3S2. The Bertz CT molecular complexity index is 2430. The van der Waals surface area contributed by atoms with E-state index in [-0.39, 0.29) is 17.3 Å². The van der Waals surface area contributed by atoms with Crippen molar-refractivity contribution in [1.29, 1.82) is 0 Å². The smallest absolute Gasteiger partial charge is 0.381 e. The number of nitrogens with one attached hydrogen (secondary N) is 2. The van der Waals surface area contributed by atoms with Crippen molar-refractivity contribution in [3.05, 3.63) is 143 Å². The zero-order chi connectivity index (χ0) is 43.1. The van der Waals surface area contributed by atoms with E-state index in [1.165, 1.54) is 29.5 Å². The zero-order valence-corrected chi connectivity index (χ0v) is 36.3. The number of anilines is 2. The molecule has 2 N–H and O–H groups in total. The second-order valence-corrected chi connectivity index (χ2v) is 18.6. The highest BCUT2D eigenvalue weighted by molar-refractivity contribution is 7.99. The Morgan fingerprint density at radius 3 is 2.26 bits per heavy atom. The van der Waals surface area contributed by atoms with Crippen LogP contribution < -0.4 is 14.9 Å². The molecule has 320 valence electrons. The van der Waals surface area contributed by atoms with Gasteiger partial charge < -0.3 is 15.1 Å². The Morgan fingerprint density at radius 2 is 1.59 bits per heavy atom. The minimum absolute atomic E-state index is 0.0607. The molecular weight excluding hydrogens is 841 g/mol. The predicted octanol–water partition coefficient (Wildman–Crippen LogP) is 9.55. The standard InChI is InChI=1S/C46H48ClF3N6O3S2/c1-32-29-56(33(2)51-32)23-22-38(31-60-40-9-4-3-5-10-40)52-44-21-20-41(28-43(44)46(48,49)50)61(58,59)53-45(57)35-14-18-39(19-15-35)55-26-24-54(25-27-55)30-36-8-6-7-11-42(36)34-12-16-37(47)17-13-34/h3-21,28,32,38,52H,22-27,29-31H2,1-2H3,(H,53,57)/t32?,38-/m1/s1. The van der Waals surface area contributed by atoms with Gasteiger partial charge in [0.15, 0.2) is 0 Å². The van der Waals surface area contributed by atoms with E-state index in [1.807, 2.05) is 85.3 Å². The molecule has 5 aromatic rings. The van der Waals surface area contributed by atoms with Gasteiger partial charge in [-0.05, 0) is 104 Å². The minimum atomic E-state index is -4.88. The van der Waals surface area contributed by atoms with Gasteiger partial charge in [-0.25, -0.2) is 13.1 Å². The number of carbonyl (C=O) groups is 1. The fourth-order valence-electron chi connectivity index (χ4n) is 7.68. The summed E-state index contributed by atoms with van der Waals surface area (Å²) < 4.78 is 72.7. The van der Waals surface area contributed by atoms with Crippen molar-refractivity contribution < 1.29 is 26.4 Å². The lowest BCUT2D eigenvalue weighted by atomic mass is 9.99. The first-order valence-corrected chi connectivity index (χ1v) is 23.0. The van der Waals surface area contributed by atoms with Gasteiger partial charge in [0, 0.05) is 84.5 Å². The van der Waals surface area contributed by atoms with Gasteiger partial charge in [-0.1, -0.05) is 66.2 Å². The zero-order valence-electron chi connectivity index (χ0n) is 33.9. The number of benzene rings is 5. The largest absolute Gasteiger partial charge is 0.418 e. The molecule has 2 aliphatic rings. The summed E-state index contributed by atoms with van der Waals surface area (Å²) in [6, 6.07) is 34.8. The number of halogens is 4. The fraction of sp³-hybridized carbons (Fsp3) is 0.304. The maximum Gasteiger partial charge on any atom is 0.418 e. The van der Waals surface area contributed by atoms with E-state index in [0.29, 0.717) is 29.8 Å². The number of thioether (sulfide) groups is 1. The topological polar surface area (TPSA) is 97.3 Å². The Labute approximate surface area is 365 Å². The van der Waals surface area contributed by atoms with E-state index in [2.05, 4.69) is 37.1 Å². The second-order valence-electron chi connectivity index (χ2n) is 15.3. The van der Waals surface area contributed by atoms with Crippen LogP contribution in [-0.4, -0.2) is 87.1 Å². The highest BCUT2D eigenvalue weighted by Gasteiger charge is 2.36. The van der Waals surface area contributed by atoms with Gasteiger partial charge in [0.05, 0.1) is 22.3 Å². The number of carbonyl (C=O) groups excluding carboxylic acids is 1. The number of amides is 1. The van der Waals surface area contributed by atoms with Crippen LogP contribution in [0.2, 0.25) is 5.02 Å². The third-order valence-electron chi connectivity index (χ3n) is 10.9. The molecule has 61 heavy (non-hydrogen) atoms. The van der Waals surface area contributed by atoms with Crippen molar-refractivity contribution in [2.24, 2.45) is 4.99 Å². The number of nitrogens with zero attached hydrogens (tertiary/aromatic N) is 4. The van der Waals surface area contributed by atoms with Crippen molar-refractivity contribution in [3.63, 3.8) is 0 Å². The summed E-state index contributed by atoms with van der Waals surface area (Å²) in [6.07, 6.45) is -4.37. The van der Waals surface area contributed by atoms with Crippen molar-refractivity contribution in [1.82, 2.24) is 14.5 Å². The van der Waals surface area contributed by atoms with Crippen LogP contribution in [0.15, 0.2) is 136 Å². The fourth-order valence-corrected chi connectivity index (χ4v) is 9.80. The second kappa shape index (κ2) is 19.4. The van der Waals surface area contributed by atoms with Crippen LogP contribution in [0.5, 0.6) is 0 Å². The molecule has 0 saturated carbocycles. The number of hydrogen-bond donors (Lipinski definition) is 2. The first-order valence-electron chi connectivity index (χ1n) is 20.2. The van der Waals surface area contributed by atoms with Crippen molar-refractivity contribution in [2.45, 2.75) is 54.9 Å². The first kappa shape index (κ1) is 44.0. The SMILES string of the molecule is CC1=NC(C)CN1CC[C@H](CSc1ccccc1)Nc1ccc(S(=O)(=O)NC(=O)c2ccc(N3CCN(Cc4ccccc4-c4ccc(Cl)cc4)CC3)cc2)cc1C(F)(F)F. The Morgan fingerprint density at radius 1 is 0.902 bits per heavy atom. The molecule has 7 rings (SSSR count). The molecule has 1 fully saturated rings.